The number of nitrogens with one attached hydrogen (secondary N) is 1. The third kappa shape index (κ3) is 5.81. The summed E-state index contributed by atoms with van der Waals surface area (Å²) in [5.74, 6) is -1.39. The molecule has 1 atom stereocenters. The predicted octanol–water partition coefficient (Wildman–Crippen LogP) is 2.21. The second-order valence-electron chi connectivity index (χ2n) is 5.76. The molecule has 2 N–H and O–H groups in total. The minimum atomic E-state index is -1.07. The SMILES string of the molecule is CC(C)(C)C(NC(=O)CCOc1ccc(F)cc1)C(=O)O. The number of ether oxygens (including phenoxy) is 1. The Balaban J connectivity index is 2.43. The van der Waals surface area contributed by atoms with E-state index >= 15 is 0 Å². The molecule has 1 aromatic carbocycles. The van der Waals surface area contributed by atoms with Gasteiger partial charge in [-0.25, -0.2) is 9.18 Å². The number of halogens is 1. The molecular formula is C15H20FNO4. The zero-order valence-corrected chi connectivity index (χ0v) is 12.4. The van der Waals surface area contributed by atoms with Crippen molar-refractivity contribution in [3.63, 3.8) is 0 Å². The van der Waals surface area contributed by atoms with Gasteiger partial charge in [0.2, 0.25) is 5.91 Å². The van der Waals surface area contributed by atoms with Crippen molar-refractivity contribution in [3.8, 4) is 5.75 Å². The summed E-state index contributed by atoms with van der Waals surface area (Å²) >= 11 is 0. The van der Waals surface area contributed by atoms with Crippen molar-refractivity contribution in [2.24, 2.45) is 5.41 Å². The maximum absolute atomic E-state index is 12.7. The van der Waals surface area contributed by atoms with Crippen LogP contribution in [0.3, 0.4) is 0 Å². The van der Waals surface area contributed by atoms with Crippen molar-refractivity contribution in [1.82, 2.24) is 5.32 Å². The smallest absolute Gasteiger partial charge is 0.326 e. The first-order valence-electron chi connectivity index (χ1n) is 6.60. The number of hydrogen-bond donors (Lipinski definition) is 2. The van der Waals surface area contributed by atoms with Crippen LogP contribution >= 0.6 is 0 Å². The molecule has 0 radical (unpaired) electrons. The van der Waals surface area contributed by atoms with E-state index in [2.05, 4.69) is 5.32 Å². The van der Waals surface area contributed by atoms with E-state index in [1.807, 2.05) is 0 Å². The normalized spacial score (nSPS) is 12.6. The van der Waals surface area contributed by atoms with Crippen LogP contribution in [0.1, 0.15) is 27.2 Å². The minimum absolute atomic E-state index is 0.0250. The Hall–Kier alpha value is -2.11. The van der Waals surface area contributed by atoms with E-state index in [0.29, 0.717) is 5.75 Å². The lowest BCUT2D eigenvalue weighted by Gasteiger charge is -2.27. The fraction of sp³-hybridized carbons (Fsp3) is 0.467. The molecule has 0 saturated heterocycles. The van der Waals surface area contributed by atoms with E-state index in [1.165, 1.54) is 24.3 Å². The van der Waals surface area contributed by atoms with Crippen LogP contribution in [0.2, 0.25) is 0 Å². The maximum atomic E-state index is 12.7. The van der Waals surface area contributed by atoms with Crippen LogP contribution in [0, 0.1) is 11.2 Å². The summed E-state index contributed by atoms with van der Waals surface area (Å²) in [5, 5.41) is 11.6. The first kappa shape index (κ1) is 16.9. The third-order valence-electron chi connectivity index (χ3n) is 2.83. The van der Waals surface area contributed by atoms with Crippen molar-refractivity contribution < 1.29 is 23.8 Å². The van der Waals surface area contributed by atoms with E-state index in [1.54, 1.807) is 20.8 Å². The molecule has 0 heterocycles. The average Bonchev–Trinajstić information content (AvgIpc) is 2.36. The Morgan fingerprint density at radius 1 is 1.29 bits per heavy atom. The van der Waals surface area contributed by atoms with Gasteiger partial charge in [-0.15, -0.1) is 0 Å². The van der Waals surface area contributed by atoms with Gasteiger partial charge in [0.15, 0.2) is 0 Å². The molecule has 1 amide bonds. The monoisotopic (exact) mass is 297 g/mol. The van der Waals surface area contributed by atoms with E-state index < -0.39 is 23.3 Å². The predicted molar refractivity (Wildman–Crippen MR) is 75.5 cm³/mol. The Labute approximate surface area is 123 Å². The Kier molecular flexibility index (Phi) is 5.69. The highest BCUT2D eigenvalue weighted by Crippen LogP contribution is 2.19. The van der Waals surface area contributed by atoms with Gasteiger partial charge in [0.1, 0.15) is 17.6 Å². The van der Waals surface area contributed by atoms with E-state index in [-0.39, 0.29) is 18.8 Å². The minimum Gasteiger partial charge on any atom is -0.493 e. The van der Waals surface area contributed by atoms with Gasteiger partial charge in [0.05, 0.1) is 13.0 Å². The molecule has 0 aromatic heterocycles. The fourth-order valence-electron chi connectivity index (χ4n) is 1.67. The van der Waals surface area contributed by atoms with Crippen LogP contribution in [0.4, 0.5) is 4.39 Å². The summed E-state index contributed by atoms with van der Waals surface area (Å²) < 4.78 is 18.0. The summed E-state index contributed by atoms with van der Waals surface area (Å²) in [4.78, 5) is 22.9. The highest BCUT2D eigenvalue weighted by molar-refractivity contribution is 5.84. The number of carboxylic acid groups (broad SMARTS) is 1. The third-order valence-corrected chi connectivity index (χ3v) is 2.83. The van der Waals surface area contributed by atoms with Crippen molar-refractivity contribution in [2.45, 2.75) is 33.2 Å². The number of carboxylic acids is 1. The van der Waals surface area contributed by atoms with Crippen LogP contribution in [0.5, 0.6) is 5.75 Å². The number of hydrogen-bond acceptors (Lipinski definition) is 3. The van der Waals surface area contributed by atoms with Gasteiger partial charge in [0.25, 0.3) is 0 Å². The summed E-state index contributed by atoms with van der Waals surface area (Å²) in [6.07, 6.45) is 0.0250. The molecule has 1 aromatic rings. The molecule has 0 aliphatic carbocycles. The van der Waals surface area contributed by atoms with Crippen LogP contribution < -0.4 is 10.1 Å². The van der Waals surface area contributed by atoms with Gasteiger partial charge < -0.3 is 15.2 Å². The molecule has 6 heteroatoms. The Morgan fingerprint density at radius 2 is 1.86 bits per heavy atom. The van der Waals surface area contributed by atoms with Crippen LogP contribution in [-0.4, -0.2) is 29.6 Å². The van der Waals surface area contributed by atoms with Crippen molar-refractivity contribution in [2.75, 3.05) is 6.61 Å². The molecule has 0 saturated carbocycles. The number of rotatable bonds is 6. The van der Waals surface area contributed by atoms with E-state index in [0.717, 1.165) is 0 Å². The fourth-order valence-corrected chi connectivity index (χ4v) is 1.67. The summed E-state index contributed by atoms with van der Waals surface area (Å²) in [6.45, 7) is 5.30. The lowest BCUT2D eigenvalue weighted by molar-refractivity contribution is -0.145. The molecule has 0 aliphatic rings. The molecule has 1 rings (SSSR count). The lowest BCUT2D eigenvalue weighted by atomic mass is 9.86. The zero-order valence-electron chi connectivity index (χ0n) is 12.4. The Bertz CT molecular complexity index is 493. The summed E-state index contributed by atoms with van der Waals surface area (Å²) in [5.41, 5.74) is -0.584. The largest absolute Gasteiger partial charge is 0.493 e. The number of carbonyl (C=O) groups is 2. The van der Waals surface area contributed by atoms with Gasteiger partial charge >= 0.3 is 5.97 Å². The van der Waals surface area contributed by atoms with Gasteiger partial charge in [-0.2, -0.15) is 0 Å². The molecule has 5 nitrogen and oxygen atoms in total. The molecular weight excluding hydrogens is 277 g/mol. The number of amides is 1. The number of aliphatic carboxylic acids is 1. The van der Waals surface area contributed by atoms with Crippen molar-refractivity contribution in [3.05, 3.63) is 30.1 Å². The number of benzene rings is 1. The first-order valence-corrected chi connectivity index (χ1v) is 6.60. The summed E-state index contributed by atoms with van der Waals surface area (Å²) in [6, 6.07) is 4.48. The lowest BCUT2D eigenvalue weighted by Crippen LogP contribution is -2.49. The molecule has 0 fully saturated rings. The number of carbonyl (C=O) groups excluding carboxylic acids is 1. The molecule has 0 bridgehead atoms. The molecule has 116 valence electrons. The first-order chi connectivity index (χ1) is 9.70. The molecule has 0 spiro atoms. The second-order valence-corrected chi connectivity index (χ2v) is 5.76. The van der Waals surface area contributed by atoms with E-state index in [4.69, 9.17) is 9.84 Å². The van der Waals surface area contributed by atoms with Crippen LogP contribution in [0.25, 0.3) is 0 Å². The van der Waals surface area contributed by atoms with Crippen molar-refractivity contribution >= 4 is 11.9 Å². The van der Waals surface area contributed by atoms with Gasteiger partial charge in [-0.05, 0) is 29.7 Å². The van der Waals surface area contributed by atoms with Crippen LogP contribution in [0.15, 0.2) is 24.3 Å². The zero-order chi connectivity index (χ0) is 16.0. The van der Waals surface area contributed by atoms with Crippen molar-refractivity contribution in [1.29, 1.82) is 0 Å². The van der Waals surface area contributed by atoms with E-state index in [9.17, 15) is 14.0 Å². The molecule has 1 unspecified atom stereocenters. The average molecular weight is 297 g/mol. The highest BCUT2D eigenvalue weighted by Gasteiger charge is 2.32. The Morgan fingerprint density at radius 3 is 2.33 bits per heavy atom. The topological polar surface area (TPSA) is 75.6 Å². The second kappa shape index (κ2) is 7.06. The summed E-state index contributed by atoms with van der Waals surface area (Å²) in [7, 11) is 0. The standard InChI is InChI=1S/C15H20FNO4/c1-15(2,3)13(14(19)20)17-12(18)8-9-21-11-6-4-10(16)5-7-11/h4-7,13H,8-9H2,1-3H3,(H,17,18)(H,19,20). The van der Waals surface area contributed by atoms with Gasteiger partial charge in [-0.3, -0.25) is 4.79 Å². The van der Waals surface area contributed by atoms with Crippen LogP contribution in [-0.2, 0) is 9.59 Å². The maximum Gasteiger partial charge on any atom is 0.326 e. The van der Waals surface area contributed by atoms with Gasteiger partial charge in [-0.1, -0.05) is 20.8 Å². The highest BCUT2D eigenvalue weighted by atomic mass is 19.1. The molecule has 0 aliphatic heterocycles. The van der Waals surface area contributed by atoms with Gasteiger partial charge in [0, 0.05) is 0 Å². The quantitative estimate of drug-likeness (QED) is 0.844. The molecule has 21 heavy (non-hydrogen) atoms.